The molecule has 2 bridgehead atoms. The lowest BCUT2D eigenvalue weighted by molar-refractivity contribution is 0.713. The van der Waals surface area contributed by atoms with Gasteiger partial charge in [-0.2, -0.15) is 0 Å². The highest BCUT2D eigenvalue weighted by Crippen LogP contribution is 2.64. The Kier molecular flexibility index (Phi) is 3.39. The van der Waals surface area contributed by atoms with E-state index in [-0.39, 0.29) is 4.75 Å². The van der Waals surface area contributed by atoms with Crippen molar-refractivity contribution in [3.8, 4) is 0 Å². The Morgan fingerprint density at radius 2 is 1.00 bits per heavy atom. The van der Waals surface area contributed by atoms with Gasteiger partial charge in [-0.25, -0.2) is 0 Å². The van der Waals surface area contributed by atoms with Crippen LogP contribution in [0.2, 0.25) is 0 Å². The zero-order valence-corrected chi connectivity index (χ0v) is 16.5. The molecule has 4 aromatic rings. The zero-order chi connectivity index (χ0) is 18.7. The van der Waals surface area contributed by atoms with Crippen molar-refractivity contribution < 1.29 is 0 Å². The Balaban J connectivity index is 1.71. The second kappa shape index (κ2) is 5.86. The summed E-state index contributed by atoms with van der Waals surface area (Å²) in [6, 6.07) is 36.1. The minimum Gasteiger partial charge on any atom is -0.105 e. The van der Waals surface area contributed by atoms with Gasteiger partial charge in [-0.05, 0) is 52.4 Å². The molecule has 0 amide bonds. The summed E-state index contributed by atoms with van der Waals surface area (Å²) in [6.07, 6.45) is 0. The van der Waals surface area contributed by atoms with Crippen molar-refractivity contribution >= 4 is 11.8 Å². The van der Waals surface area contributed by atoms with Gasteiger partial charge in [-0.15, -0.1) is 11.8 Å². The molecule has 7 rings (SSSR count). The fourth-order valence-corrected chi connectivity index (χ4v) is 6.61. The van der Waals surface area contributed by atoms with Gasteiger partial charge in [0.15, 0.2) is 0 Å². The Morgan fingerprint density at radius 1 is 0.571 bits per heavy atom. The van der Waals surface area contributed by atoms with Crippen molar-refractivity contribution in [3.05, 3.63) is 136 Å². The number of hydrogen-bond acceptors (Lipinski definition) is 1. The van der Waals surface area contributed by atoms with Gasteiger partial charge in [-0.1, -0.05) is 90.5 Å². The van der Waals surface area contributed by atoms with Crippen LogP contribution in [-0.4, -0.2) is 0 Å². The van der Waals surface area contributed by atoms with Crippen LogP contribution in [-0.2, 0) is 4.75 Å². The summed E-state index contributed by atoms with van der Waals surface area (Å²) >= 11 is 1.99. The number of aryl methyl sites for hydroxylation is 1. The quantitative estimate of drug-likeness (QED) is 0.367. The first-order chi connectivity index (χ1) is 13.8. The maximum absolute atomic E-state index is 2.34. The third-order valence-electron chi connectivity index (χ3n) is 6.25. The van der Waals surface area contributed by atoms with Crippen LogP contribution < -0.4 is 0 Å². The molecular weight excluding hydrogens is 356 g/mol. The molecule has 0 saturated carbocycles. The molecule has 0 nitrogen and oxygen atoms in total. The molecule has 0 N–H and O–H groups in total. The summed E-state index contributed by atoms with van der Waals surface area (Å²) in [5.74, 6) is 0.337. The van der Waals surface area contributed by atoms with Crippen molar-refractivity contribution in [1.29, 1.82) is 0 Å². The largest absolute Gasteiger partial charge is 0.105 e. The Labute approximate surface area is 170 Å². The van der Waals surface area contributed by atoms with Crippen LogP contribution in [0.1, 0.15) is 44.9 Å². The van der Waals surface area contributed by atoms with Crippen LogP contribution in [0.5, 0.6) is 0 Å². The number of thioether (sulfide) groups is 1. The molecule has 3 aliphatic rings. The molecule has 28 heavy (non-hydrogen) atoms. The normalized spacial score (nSPS) is 21.0. The topological polar surface area (TPSA) is 0 Å². The van der Waals surface area contributed by atoms with Crippen molar-refractivity contribution in [3.63, 3.8) is 0 Å². The van der Waals surface area contributed by atoms with E-state index in [1.165, 1.54) is 43.8 Å². The van der Waals surface area contributed by atoms with E-state index in [9.17, 15) is 0 Å². The van der Waals surface area contributed by atoms with Gasteiger partial charge >= 0.3 is 0 Å². The lowest BCUT2D eigenvalue weighted by Gasteiger charge is -2.50. The molecule has 0 unspecified atom stereocenters. The van der Waals surface area contributed by atoms with Gasteiger partial charge < -0.3 is 0 Å². The smallest absolute Gasteiger partial charge is 0.0963 e. The van der Waals surface area contributed by atoms with E-state index in [1.807, 2.05) is 11.8 Å². The van der Waals surface area contributed by atoms with Crippen molar-refractivity contribution in [2.45, 2.75) is 22.5 Å². The molecule has 0 saturated heterocycles. The SMILES string of the molecule is Cc1ccc(SC23c4ccccc4C(c4ccccc42)c2ccccc23)cc1. The lowest BCUT2D eigenvalue weighted by atomic mass is 9.60. The minimum atomic E-state index is -0.201. The third kappa shape index (κ3) is 2.03. The highest BCUT2D eigenvalue weighted by atomic mass is 32.2. The predicted molar refractivity (Wildman–Crippen MR) is 117 cm³/mol. The minimum absolute atomic E-state index is 0.201. The Morgan fingerprint density at radius 3 is 1.46 bits per heavy atom. The van der Waals surface area contributed by atoms with Gasteiger partial charge in [0.1, 0.15) is 0 Å². The lowest BCUT2D eigenvalue weighted by Crippen LogP contribution is -2.39. The van der Waals surface area contributed by atoms with Crippen LogP contribution in [0.4, 0.5) is 0 Å². The van der Waals surface area contributed by atoms with E-state index in [2.05, 4.69) is 104 Å². The molecular formula is C27H20S. The van der Waals surface area contributed by atoms with Crippen LogP contribution in [0.3, 0.4) is 0 Å². The van der Waals surface area contributed by atoms with Gasteiger partial charge in [0.2, 0.25) is 0 Å². The molecule has 0 spiro atoms. The van der Waals surface area contributed by atoms with E-state index >= 15 is 0 Å². The second-order valence-corrected chi connectivity index (χ2v) is 9.08. The average Bonchev–Trinajstić information content (AvgIpc) is 2.76. The summed E-state index contributed by atoms with van der Waals surface area (Å²) in [4.78, 5) is 1.31. The highest BCUT2D eigenvalue weighted by molar-refractivity contribution is 8.00. The average molecular weight is 377 g/mol. The molecule has 0 aliphatic heterocycles. The van der Waals surface area contributed by atoms with E-state index in [0.29, 0.717) is 5.92 Å². The van der Waals surface area contributed by atoms with Gasteiger partial charge in [0.05, 0.1) is 4.75 Å². The van der Waals surface area contributed by atoms with E-state index in [1.54, 1.807) is 0 Å². The van der Waals surface area contributed by atoms with Crippen molar-refractivity contribution in [1.82, 2.24) is 0 Å². The molecule has 4 aromatic carbocycles. The van der Waals surface area contributed by atoms with Crippen LogP contribution in [0.25, 0.3) is 0 Å². The van der Waals surface area contributed by atoms with Gasteiger partial charge in [0, 0.05) is 10.8 Å². The van der Waals surface area contributed by atoms with Gasteiger partial charge in [-0.3, -0.25) is 0 Å². The summed E-state index contributed by atoms with van der Waals surface area (Å²) in [5.41, 5.74) is 10.0. The maximum Gasteiger partial charge on any atom is 0.0963 e. The maximum atomic E-state index is 2.34. The summed E-state index contributed by atoms with van der Waals surface area (Å²) < 4.78 is -0.201. The molecule has 1 heteroatoms. The molecule has 3 aliphatic carbocycles. The standard InChI is InChI=1S/C27H20S/c1-18-14-16-19(17-15-18)28-27-23-11-5-2-8-20(23)26(21-9-3-6-12-24(21)27)22-10-4-7-13-25(22)27/h2-17,26H,1H3. The first kappa shape index (κ1) is 16.2. The summed E-state index contributed by atoms with van der Waals surface area (Å²) in [7, 11) is 0. The predicted octanol–water partition coefficient (Wildman–Crippen LogP) is 6.89. The second-order valence-electron chi connectivity index (χ2n) is 7.79. The molecule has 134 valence electrons. The third-order valence-corrected chi connectivity index (χ3v) is 7.72. The van der Waals surface area contributed by atoms with Crippen LogP contribution in [0, 0.1) is 6.92 Å². The first-order valence-electron chi connectivity index (χ1n) is 9.83. The van der Waals surface area contributed by atoms with Gasteiger partial charge in [0.25, 0.3) is 0 Å². The number of hydrogen-bond donors (Lipinski definition) is 0. The summed E-state index contributed by atoms with van der Waals surface area (Å²) in [5, 5.41) is 0. The Bertz CT molecular complexity index is 1090. The molecule has 0 atom stereocenters. The first-order valence-corrected chi connectivity index (χ1v) is 10.6. The molecule has 0 fully saturated rings. The van der Waals surface area contributed by atoms with E-state index in [0.717, 1.165) is 0 Å². The van der Waals surface area contributed by atoms with E-state index in [4.69, 9.17) is 0 Å². The highest BCUT2D eigenvalue weighted by Gasteiger charge is 2.52. The monoisotopic (exact) mass is 376 g/mol. The molecule has 0 heterocycles. The van der Waals surface area contributed by atoms with Crippen LogP contribution >= 0.6 is 11.8 Å². The zero-order valence-electron chi connectivity index (χ0n) is 15.7. The fraction of sp³-hybridized carbons (Fsp3) is 0.111. The van der Waals surface area contributed by atoms with Crippen molar-refractivity contribution in [2.24, 2.45) is 0 Å². The fourth-order valence-electron chi connectivity index (χ4n) is 5.09. The van der Waals surface area contributed by atoms with E-state index < -0.39 is 0 Å². The van der Waals surface area contributed by atoms with Crippen LogP contribution in [0.15, 0.2) is 102 Å². The summed E-state index contributed by atoms with van der Waals surface area (Å²) in [6.45, 7) is 2.15. The number of rotatable bonds is 2. The molecule has 0 radical (unpaired) electrons. The van der Waals surface area contributed by atoms with Crippen molar-refractivity contribution in [2.75, 3.05) is 0 Å². The molecule has 0 aromatic heterocycles. The number of benzene rings is 4. The Hall–Kier alpha value is -2.77.